The Morgan fingerprint density at radius 1 is 1.08 bits per heavy atom. The largest absolute Gasteiger partial charge is 0.490 e. The lowest BCUT2D eigenvalue weighted by Crippen LogP contribution is -2.05. The third-order valence-corrected chi connectivity index (χ3v) is 3.83. The number of ether oxygens (including phenoxy) is 2. The zero-order valence-electron chi connectivity index (χ0n) is 13.1. The maximum absolute atomic E-state index is 10.8. The zero-order chi connectivity index (χ0) is 17.5. The molecule has 0 aliphatic rings. The lowest BCUT2D eigenvalue weighted by atomic mass is 10.2. The van der Waals surface area contributed by atoms with Gasteiger partial charge in [-0.2, -0.15) is 0 Å². The van der Waals surface area contributed by atoms with Crippen LogP contribution < -0.4 is 15.2 Å². The smallest absolute Gasteiger partial charge is 0.241 e. The molecule has 0 atom stereocenters. The highest BCUT2D eigenvalue weighted by atomic mass is 35.5. The molecule has 0 aliphatic carbocycles. The van der Waals surface area contributed by atoms with E-state index in [2.05, 4.69) is 0 Å². The van der Waals surface area contributed by atoms with E-state index >= 15 is 0 Å². The monoisotopic (exact) mass is 365 g/mol. The number of halogens is 2. The van der Waals surface area contributed by atoms with Crippen LogP contribution in [0.4, 0.5) is 0 Å². The molecule has 2 rings (SSSR count). The summed E-state index contributed by atoms with van der Waals surface area (Å²) in [5, 5.41) is 0.982. The van der Waals surface area contributed by atoms with Crippen LogP contribution in [0, 0.1) is 0 Å². The SMILES string of the molecule is CCOc1cc(C=CC(N)=O)ccc1OCc1ccc(Cl)c(Cl)c1. The number of amides is 1. The average molecular weight is 366 g/mol. The van der Waals surface area contributed by atoms with Crippen LogP contribution >= 0.6 is 23.2 Å². The number of hydrogen-bond acceptors (Lipinski definition) is 3. The first-order valence-electron chi connectivity index (χ1n) is 7.30. The third-order valence-electron chi connectivity index (χ3n) is 3.09. The maximum atomic E-state index is 10.8. The fourth-order valence-corrected chi connectivity index (χ4v) is 2.31. The molecule has 4 nitrogen and oxygen atoms in total. The normalized spacial score (nSPS) is 10.8. The predicted molar refractivity (Wildman–Crippen MR) is 96.6 cm³/mol. The topological polar surface area (TPSA) is 61.5 Å². The highest BCUT2D eigenvalue weighted by molar-refractivity contribution is 6.42. The van der Waals surface area contributed by atoms with Gasteiger partial charge in [0.15, 0.2) is 11.5 Å². The molecule has 2 aromatic rings. The Balaban J connectivity index is 2.16. The molecule has 0 heterocycles. The Hall–Kier alpha value is -2.17. The van der Waals surface area contributed by atoms with E-state index in [1.165, 1.54) is 6.08 Å². The summed E-state index contributed by atoms with van der Waals surface area (Å²) in [6.07, 6.45) is 2.91. The van der Waals surface area contributed by atoms with E-state index in [0.717, 1.165) is 11.1 Å². The van der Waals surface area contributed by atoms with Crippen LogP contribution in [-0.4, -0.2) is 12.5 Å². The van der Waals surface area contributed by atoms with E-state index in [4.69, 9.17) is 38.4 Å². The van der Waals surface area contributed by atoms with Gasteiger partial charge in [-0.1, -0.05) is 35.3 Å². The van der Waals surface area contributed by atoms with E-state index in [-0.39, 0.29) is 0 Å². The molecule has 126 valence electrons. The van der Waals surface area contributed by atoms with Crippen molar-refractivity contribution in [1.82, 2.24) is 0 Å². The molecule has 0 spiro atoms. The fourth-order valence-electron chi connectivity index (χ4n) is 1.98. The molecular weight excluding hydrogens is 349 g/mol. The fraction of sp³-hybridized carbons (Fsp3) is 0.167. The first-order valence-corrected chi connectivity index (χ1v) is 8.06. The molecule has 0 unspecified atom stereocenters. The van der Waals surface area contributed by atoms with Crippen molar-refractivity contribution in [2.45, 2.75) is 13.5 Å². The summed E-state index contributed by atoms with van der Waals surface area (Å²) in [6, 6.07) is 10.7. The number of primary amides is 1. The second-order valence-corrected chi connectivity index (χ2v) is 5.73. The standard InChI is InChI=1S/C18H17Cl2NO3/c1-2-23-17-10-12(5-8-18(21)22)4-7-16(17)24-11-13-3-6-14(19)15(20)9-13/h3-10H,2,11H2,1H3,(H2,21,22). The summed E-state index contributed by atoms with van der Waals surface area (Å²) < 4.78 is 11.4. The number of carbonyl (C=O) groups excluding carboxylic acids is 1. The van der Waals surface area contributed by atoms with Crippen LogP contribution in [-0.2, 0) is 11.4 Å². The Morgan fingerprint density at radius 2 is 1.88 bits per heavy atom. The molecule has 0 radical (unpaired) electrons. The van der Waals surface area contributed by atoms with Crippen molar-refractivity contribution >= 4 is 35.2 Å². The predicted octanol–water partition coefficient (Wildman–Crippen LogP) is 4.47. The summed E-state index contributed by atoms with van der Waals surface area (Å²) in [7, 11) is 0. The first-order chi connectivity index (χ1) is 11.5. The summed E-state index contributed by atoms with van der Waals surface area (Å²) in [5.74, 6) is 0.677. The van der Waals surface area contributed by atoms with Crippen LogP contribution in [0.25, 0.3) is 6.08 Å². The molecule has 0 aliphatic heterocycles. The van der Waals surface area contributed by atoms with Gasteiger partial charge in [-0.3, -0.25) is 4.79 Å². The molecule has 24 heavy (non-hydrogen) atoms. The minimum absolute atomic E-state index is 0.327. The third kappa shape index (κ3) is 5.18. The van der Waals surface area contributed by atoms with Crippen LogP contribution in [0.2, 0.25) is 10.0 Å². The number of rotatable bonds is 7. The van der Waals surface area contributed by atoms with E-state index in [9.17, 15) is 4.79 Å². The second kappa shape index (κ2) is 8.62. The first kappa shape index (κ1) is 18.2. The van der Waals surface area contributed by atoms with Gasteiger partial charge >= 0.3 is 0 Å². The van der Waals surface area contributed by atoms with Crippen molar-refractivity contribution in [3.63, 3.8) is 0 Å². The molecule has 2 N–H and O–H groups in total. The van der Waals surface area contributed by atoms with E-state index < -0.39 is 5.91 Å². The van der Waals surface area contributed by atoms with E-state index in [1.54, 1.807) is 30.3 Å². The van der Waals surface area contributed by atoms with Gasteiger partial charge in [0.1, 0.15) is 6.61 Å². The maximum Gasteiger partial charge on any atom is 0.241 e. The van der Waals surface area contributed by atoms with Crippen LogP contribution in [0.5, 0.6) is 11.5 Å². The Kier molecular flexibility index (Phi) is 6.53. The van der Waals surface area contributed by atoms with E-state index in [1.807, 2.05) is 19.1 Å². The lowest BCUT2D eigenvalue weighted by Gasteiger charge is -2.13. The van der Waals surface area contributed by atoms with Crippen molar-refractivity contribution in [3.05, 3.63) is 63.6 Å². The van der Waals surface area contributed by atoms with Gasteiger partial charge in [-0.25, -0.2) is 0 Å². The molecule has 2 aromatic carbocycles. The minimum Gasteiger partial charge on any atom is -0.490 e. The number of carbonyl (C=O) groups is 1. The minimum atomic E-state index is -0.507. The Bertz CT molecular complexity index is 760. The molecule has 0 saturated carbocycles. The highest BCUT2D eigenvalue weighted by Crippen LogP contribution is 2.30. The van der Waals surface area contributed by atoms with Gasteiger partial charge in [-0.05, 0) is 48.4 Å². The van der Waals surface area contributed by atoms with E-state index in [0.29, 0.717) is 34.8 Å². The van der Waals surface area contributed by atoms with Crippen molar-refractivity contribution in [2.75, 3.05) is 6.61 Å². The van der Waals surface area contributed by atoms with Gasteiger partial charge < -0.3 is 15.2 Å². The molecule has 0 aromatic heterocycles. The van der Waals surface area contributed by atoms with Crippen LogP contribution in [0.1, 0.15) is 18.1 Å². The van der Waals surface area contributed by atoms with Crippen molar-refractivity contribution < 1.29 is 14.3 Å². The Morgan fingerprint density at radius 3 is 2.54 bits per heavy atom. The summed E-state index contributed by atoms with van der Waals surface area (Å²) in [5.41, 5.74) is 6.78. The summed E-state index contributed by atoms with van der Waals surface area (Å²) >= 11 is 11.9. The quantitative estimate of drug-likeness (QED) is 0.736. The summed E-state index contributed by atoms with van der Waals surface area (Å²) in [6.45, 7) is 2.70. The molecule has 0 bridgehead atoms. The van der Waals surface area contributed by atoms with Gasteiger partial charge in [-0.15, -0.1) is 0 Å². The molecule has 6 heteroatoms. The molecule has 0 fully saturated rings. The van der Waals surface area contributed by atoms with Crippen LogP contribution in [0.3, 0.4) is 0 Å². The average Bonchev–Trinajstić information content (AvgIpc) is 2.55. The van der Waals surface area contributed by atoms with Gasteiger partial charge in [0.2, 0.25) is 5.91 Å². The highest BCUT2D eigenvalue weighted by Gasteiger charge is 2.07. The second-order valence-electron chi connectivity index (χ2n) is 4.91. The Labute approximate surface area is 150 Å². The molecule has 0 saturated heterocycles. The van der Waals surface area contributed by atoms with Crippen molar-refractivity contribution in [3.8, 4) is 11.5 Å². The van der Waals surface area contributed by atoms with Crippen molar-refractivity contribution in [1.29, 1.82) is 0 Å². The molecular formula is C18H17Cl2NO3. The number of hydrogen-bond donors (Lipinski definition) is 1. The van der Waals surface area contributed by atoms with Gasteiger partial charge in [0.25, 0.3) is 0 Å². The van der Waals surface area contributed by atoms with Gasteiger partial charge in [0.05, 0.1) is 16.7 Å². The summed E-state index contributed by atoms with van der Waals surface area (Å²) in [4.78, 5) is 10.8. The number of nitrogens with two attached hydrogens (primary N) is 1. The lowest BCUT2D eigenvalue weighted by molar-refractivity contribution is -0.113. The van der Waals surface area contributed by atoms with Crippen LogP contribution in [0.15, 0.2) is 42.5 Å². The molecule has 1 amide bonds. The van der Waals surface area contributed by atoms with Crippen molar-refractivity contribution in [2.24, 2.45) is 5.73 Å². The zero-order valence-corrected chi connectivity index (χ0v) is 14.6. The number of benzene rings is 2. The van der Waals surface area contributed by atoms with Gasteiger partial charge in [0, 0.05) is 6.08 Å².